The van der Waals surface area contributed by atoms with Gasteiger partial charge in [-0.25, -0.2) is 0 Å². The van der Waals surface area contributed by atoms with Crippen LogP contribution in [0.4, 0.5) is 0 Å². The maximum atomic E-state index is 8.84. The van der Waals surface area contributed by atoms with Crippen molar-refractivity contribution in [3.63, 3.8) is 0 Å². The predicted octanol–water partition coefficient (Wildman–Crippen LogP) is 1.13. The lowest BCUT2D eigenvalue weighted by molar-refractivity contribution is 0.219. The summed E-state index contributed by atoms with van der Waals surface area (Å²) in [6, 6.07) is 0.0109. The van der Waals surface area contributed by atoms with Crippen LogP contribution < -0.4 is 5.73 Å². The Bertz CT molecular complexity index is 134. The molecule has 1 unspecified atom stereocenters. The van der Waals surface area contributed by atoms with Crippen molar-refractivity contribution in [2.45, 2.75) is 39.2 Å². The average molecular weight is 157 g/mol. The molecule has 2 heteroatoms. The summed E-state index contributed by atoms with van der Waals surface area (Å²) < 4.78 is 0. The minimum atomic E-state index is 0.0109. The topological polar surface area (TPSA) is 46.2 Å². The standard InChI is InChI=1S/C9H19NO/c1-9(2)4-3-7(5-9)8(10)6-11/h7-8,11H,3-6,10H2,1-2H3/t7?,8-/m0/s1. The van der Waals surface area contributed by atoms with Crippen molar-refractivity contribution in [1.29, 1.82) is 0 Å². The first-order valence-electron chi connectivity index (χ1n) is 4.41. The van der Waals surface area contributed by atoms with Crippen LogP contribution in [0.15, 0.2) is 0 Å². The lowest BCUT2D eigenvalue weighted by Crippen LogP contribution is -2.32. The first kappa shape index (κ1) is 9.01. The molecule has 0 spiro atoms. The second-order valence-corrected chi connectivity index (χ2v) is 4.51. The monoisotopic (exact) mass is 157 g/mol. The van der Waals surface area contributed by atoms with E-state index in [1.807, 2.05) is 0 Å². The van der Waals surface area contributed by atoms with E-state index >= 15 is 0 Å². The van der Waals surface area contributed by atoms with E-state index in [1.54, 1.807) is 0 Å². The van der Waals surface area contributed by atoms with Crippen LogP contribution in [0.25, 0.3) is 0 Å². The number of nitrogens with two attached hydrogens (primary N) is 1. The summed E-state index contributed by atoms with van der Waals surface area (Å²) in [5.74, 6) is 0.551. The second-order valence-electron chi connectivity index (χ2n) is 4.51. The Labute approximate surface area is 68.8 Å². The lowest BCUT2D eigenvalue weighted by atomic mass is 9.89. The minimum absolute atomic E-state index is 0.0109. The number of aliphatic hydroxyl groups excluding tert-OH is 1. The van der Waals surface area contributed by atoms with Gasteiger partial charge in [-0.2, -0.15) is 0 Å². The van der Waals surface area contributed by atoms with Gasteiger partial charge in [-0.3, -0.25) is 0 Å². The summed E-state index contributed by atoms with van der Waals surface area (Å²) in [6.45, 7) is 4.69. The Balaban J connectivity index is 2.41. The highest BCUT2D eigenvalue weighted by Crippen LogP contribution is 2.41. The van der Waals surface area contributed by atoms with E-state index in [-0.39, 0.29) is 12.6 Å². The van der Waals surface area contributed by atoms with E-state index in [9.17, 15) is 0 Å². The van der Waals surface area contributed by atoms with Gasteiger partial charge in [0.1, 0.15) is 0 Å². The first-order chi connectivity index (χ1) is 5.05. The van der Waals surface area contributed by atoms with Crippen molar-refractivity contribution in [1.82, 2.24) is 0 Å². The number of hydrogen-bond acceptors (Lipinski definition) is 2. The molecule has 3 N–H and O–H groups in total. The Morgan fingerprint density at radius 2 is 2.27 bits per heavy atom. The normalized spacial score (nSPS) is 32.2. The molecular weight excluding hydrogens is 138 g/mol. The molecular formula is C9H19NO. The first-order valence-corrected chi connectivity index (χ1v) is 4.41. The van der Waals surface area contributed by atoms with Crippen LogP contribution in [-0.2, 0) is 0 Å². The third kappa shape index (κ3) is 2.17. The van der Waals surface area contributed by atoms with Gasteiger partial charge >= 0.3 is 0 Å². The zero-order valence-corrected chi connectivity index (χ0v) is 7.51. The van der Waals surface area contributed by atoms with E-state index in [2.05, 4.69) is 13.8 Å². The van der Waals surface area contributed by atoms with E-state index in [1.165, 1.54) is 19.3 Å². The molecule has 1 aliphatic rings. The fraction of sp³-hybridized carbons (Fsp3) is 1.00. The molecule has 0 bridgehead atoms. The van der Waals surface area contributed by atoms with E-state index in [0.717, 1.165) is 0 Å². The quantitative estimate of drug-likeness (QED) is 0.631. The molecule has 0 aromatic carbocycles. The Morgan fingerprint density at radius 3 is 2.64 bits per heavy atom. The summed E-state index contributed by atoms with van der Waals surface area (Å²) in [4.78, 5) is 0. The molecule has 0 radical (unpaired) electrons. The summed E-state index contributed by atoms with van der Waals surface area (Å²) in [7, 11) is 0. The Hall–Kier alpha value is -0.0800. The summed E-state index contributed by atoms with van der Waals surface area (Å²) in [6.07, 6.45) is 3.62. The van der Waals surface area contributed by atoms with Gasteiger partial charge < -0.3 is 10.8 Å². The zero-order chi connectivity index (χ0) is 8.48. The van der Waals surface area contributed by atoms with Gasteiger partial charge in [-0.1, -0.05) is 13.8 Å². The van der Waals surface area contributed by atoms with Crippen LogP contribution in [0.1, 0.15) is 33.1 Å². The molecule has 1 saturated carbocycles. The number of hydrogen-bond donors (Lipinski definition) is 2. The van der Waals surface area contributed by atoms with Gasteiger partial charge in [0.2, 0.25) is 0 Å². The van der Waals surface area contributed by atoms with Gasteiger partial charge in [-0.05, 0) is 30.6 Å². The molecule has 0 aliphatic heterocycles. The fourth-order valence-corrected chi connectivity index (χ4v) is 2.00. The van der Waals surface area contributed by atoms with Gasteiger partial charge in [0.05, 0.1) is 6.61 Å². The van der Waals surface area contributed by atoms with Crippen LogP contribution in [0.3, 0.4) is 0 Å². The molecule has 1 fully saturated rings. The largest absolute Gasteiger partial charge is 0.395 e. The highest BCUT2D eigenvalue weighted by atomic mass is 16.3. The molecule has 0 aromatic rings. The van der Waals surface area contributed by atoms with E-state index < -0.39 is 0 Å². The predicted molar refractivity (Wildman–Crippen MR) is 46.2 cm³/mol. The zero-order valence-electron chi connectivity index (χ0n) is 7.51. The van der Waals surface area contributed by atoms with E-state index in [4.69, 9.17) is 10.8 Å². The van der Waals surface area contributed by atoms with Gasteiger partial charge in [-0.15, -0.1) is 0 Å². The van der Waals surface area contributed by atoms with Crippen LogP contribution >= 0.6 is 0 Å². The van der Waals surface area contributed by atoms with Crippen LogP contribution in [0.2, 0.25) is 0 Å². The number of aliphatic hydroxyl groups is 1. The van der Waals surface area contributed by atoms with Crippen molar-refractivity contribution >= 4 is 0 Å². The SMILES string of the molecule is CC1(C)CCC([C@@H](N)CO)C1. The third-order valence-corrected chi connectivity index (χ3v) is 2.82. The summed E-state index contributed by atoms with van der Waals surface area (Å²) in [5, 5.41) is 8.84. The van der Waals surface area contributed by atoms with Gasteiger partial charge in [0.15, 0.2) is 0 Å². The van der Waals surface area contributed by atoms with E-state index in [0.29, 0.717) is 11.3 Å². The van der Waals surface area contributed by atoms with Gasteiger partial charge in [0.25, 0.3) is 0 Å². The highest BCUT2D eigenvalue weighted by molar-refractivity contribution is 4.86. The van der Waals surface area contributed by atoms with Crippen LogP contribution in [0, 0.1) is 11.3 Å². The maximum Gasteiger partial charge on any atom is 0.0585 e. The van der Waals surface area contributed by atoms with Crippen molar-refractivity contribution in [3.8, 4) is 0 Å². The molecule has 2 atom stereocenters. The van der Waals surface area contributed by atoms with Crippen LogP contribution in [0.5, 0.6) is 0 Å². The molecule has 1 aliphatic carbocycles. The molecule has 0 aromatic heterocycles. The molecule has 0 saturated heterocycles. The smallest absolute Gasteiger partial charge is 0.0585 e. The maximum absolute atomic E-state index is 8.84. The fourth-order valence-electron chi connectivity index (χ4n) is 2.00. The second kappa shape index (κ2) is 3.11. The van der Waals surface area contributed by atoms with Crippen LogP contribution in [-0.4, -0.2) is 17.8 Å². The Kier molecular flexibility index (Phi) is 2.55. The average Bonchev–Trinajstić information content (AvgIpc) is 2.29. The summed E-state index contributed by atoms with van der Waals surface area (Å²) >= 11 is 0. The molecule has 0 amide bonds. The van der Waals surface area contributed by atoms with Crippen molar-refractivity contribution in [3.05, 3.63) is 0 Å². The highest BCUT2D eigenvalue weighted by Gasteiger charge is 2.33. The molecule has 0 heterocycles. The lowest BCUT2D eigenvalue weighted by Gasteiger charge is -2.20. The van der Waals surface area contributed by atoms with Gasteiger partial charge in [0, 0.05) is 6.04 Å². The summed E-state index contributed by atoms with van der Waals surface area (Å²) in [5.41, 5.74) is 6.21. The van der Waals surface area contributed by atoms with Crippen molar-refractivity contribution < 1.29 is 5.11 Å². The Morgan fingerprint density at radius 1 is 1.64 bits per heavy atom. The van der Waals surface area contributed by atoms with Crippen molar-refractivity contribution in [2.75, 3.05) is 6.61 Å². The van der Waals surface area contributed by atoms with Crippen molar-refractivity contribution in [2.24, 2.45) is 17.1 Å². The molecule has 66 valence electrons. The molecule has 11 heavy (non-hydrogen) atoms. The minimum Gasteiger partial charge on any atom is -0.395 e. The third-order valence-electron chi connectivity index (χ3n) is 2.82. The number of rotatable bonds is 2. The molecule has 2 nitrogen and oxygen atoms in total. The molecule has 1 rings (SSSR count).